The molecule has 2 rings (SSSR count). The van der Waals surface area contributed by atoms with Crippen molar-refractivity contribution in [3.63, 3.8) is 0 Å². The molecule has 0 bridgehead atoms. The van der Waals surface area contributed by atoms with Crippen molar-refractivity contribution in [2.24, 2.45) is 0 Å². The predicted molar refractivity (Wildman–Crippen MR) is 73.5 cm³/mol. The lowest BCUT2D eigenvalue weighted by atomic mass is 10.1. The maximum Gasteiger partial charge on any atom is 0.225 e. The van der Waals surface area contributed by atoms with Crippen molar-refractivity contribution < 1.29 is 9.84 Å². The highest BCUT2D eigenvalue weighted by atomic mass is 16.5. The van der Waals surface area contributed by atoms with Gasteiger partial charge in [-0.2, -0.15) is 4.98 Å². The third-order valence-corrected chi connectivity index (χ3v) is 2.51. The van der Waals surface area contributed by atoms with Gasteiger partial charge < -0.3 is 15.2 Å². The summed E-state index contributed by atoms with van der Waals surface area (Å²) in [6, 6.07) is 9.29. The molecule has 2 aromatic rings. The summed E-state index contributed by atoms with van der Waals surface area (Å²) in [7, 11) is 0. The fraction of sp³-hybridized carbons (Fsp3) is 0.286. The summed E-state index contributed by atoms with van der Waals surface area (Å²) in [6.07, 6.45) is 2.30. The number of aliphatic hydroxyl groups excluding tert-OH is 1. The van der Waals surface area contributed by atoms with Crippen LogP contribution in [0.4, 0.5) is 5.95 Å². The minimum absolute atomic E-state index is 0.151. The molecule has 0 aliphatic heterocycles. The normalized spacial score (nSPS) is 10.2. The Balaban J connectivity index is 2.05. The molecule has 0 aliphatic carbocycles. The first-order valence-electron chi connectivity index (χ1n) is 6.26. The van der Waals surface area contributed by atoms with Crippen LogP contribution in [0.5, 0.6) is 11.6 Å². The number of rotatable bonds is 6. The van der Waals surface area contributed by atoms with Gasteiger partial charge in [-0.15, -0.1) is 0 Å². The van der Waals surface area contributed by atoms with Gasteiger partial charge in [0.1, 0.15) is 5.75 Å². The van der Waals surface area contributed by atoms with Crippen LogP contribution >= 0.6 is 0 Å². The first-order valence-corrected chi connectivity index (χ1v) is 6.26. The molecule has 0 aliphatic rings. The molecule has 0 radical (unpaired) electrons. The van der Waals surface area contributed by atoms with Crippen LogP contribution in [0.25, 0.3) is 0 Å². The first-order chi connectivity index (χ1) is 9.31. The van der Waals surface area contributed by atoms with Crippen LogP contribution < -0.4 is 10.1 Å². The minimum atomic E-state index is 0.151. The molecular weight excluding hydrogens is 242 g/mol. The van der Waals surface area contributed by atoms with E-state index in [1.807, 2.05) is 31.2 Å². The van der Waals surface area contributed by atoms with E-state index in [-0.39, 0.29) is 6.61 Å². The highest BCUT2D eigenvalue weighted by molar-refractivity contribution is 5.33. The van der Waals surface area contributed by atoms with E-state index in [4.69, 9.17) is 9.84 Å². The molecule has 19 heavy (non-hydrogen) atoms. The molecule has 0 unspecified atom stereocenters. The Hall–Kier alpha value is -2.14. The van der Waals surface area contributed by atoms with Gasteiger partial charge >= 0.3 is 0 Å². The molecule has 1 heterocycles. The van der Waals surface area contributed by atoms with Crippen molar-refractivity contribution in [1.82, 2.24) is 9.97 Å². The fourth-order valence-electron chi connectivity index (χ4n) is 1.62. The maximum absolute atomic E-state index is 8.85. The molecule has 100 valence electrons. The predicted octanol–water partition coefficient (Wildman–Crippen LogP) is 2.24. The minimum Gasteiger partial charge on any atom is -0.439 e. The number of aromatic nitrogens is 2. The van der Waals surface area contributed by atoms with E-state index >= 15 is 0 Å². The average Bonchev–Trinajstić information content (AvgIpc) is 2.42. The number of nitrogens with zero attached hydrogens (tertiary/aromatic N) is 2. The third kappa shape index (κ3) is 3.93. The van der Waals surface area contributed by atoms with Gasteiger partial charge in [0.05, 0.1) is 0 Å². The Kier molecular flexibility index (Phi) is 4.69. The van der Waals surface area contributed by atoms with Crippen LogP contribution in [-0.4, -0.2) is 28.2 Å². The highest BCUT2D eigenvalue weighted by Gasteiger charge is 2.01. The zero-order valence-corrected chi connectivity index (χ0v) is 10.8. The molecular formula is C14H17N3O2. The van der Waals surface area contributed by atoms with Gasteiger partial charge in [-0.25, -0.2) is 4.98 Å². The molecule has 5 heteroatoms. The van der Waals surface area contributed by atoms with Crippen LogP contribution in [0.1, 0.15) is 12.5 Å². The molecule has 0 saturated carbocycles. The van der Waals surface area contributed by atoms with E-state index in [2.05, 4.69) is 15.3 Å². The summed E-state index contributed by atoms with van der Waals surface area (Å²) >= 11 is 0. The van der Waals surface area contributed by atoms with Crippen molar-refractivity contribution >= 4 is 5.95 Å². The number of anilines is 1. The standard InChI is InChI=1S/C14H17N3O2/c1-2-15-14-16-9-7-13(17-14)19-12-5-3-11(4-6-12)8-10-18/h3-7,9,18H,2,8,10H2,1H3,(H,15,16,17). The van der Waals surface area contributed by atoms with E-state index in [9.17, 15) is 0 Å². The van der Waals surface area contributed by atoms with Crippen molar-refractivity contribution in [3.8, 4) is 11.6 Å². The number of nitrogens with one attached hydrogen (secondary N) is 1. The van der Waals surface area contributed by atoms with Gasteiger partial charge in [0, 0.05) is 25.4 Å². The van der Waals surface area contributed by atoms with Crippen LogP contribution in [-0.2, 0) is 6.42 Å². The highest BCUT2D eigenvalue weighted by Crippen LogP contribution is 2.20. The van der Waals surface area contributed by atoms with Gasteiger partial charge in [-0.05, 0) is 31.0 Å². The second kappa shape index (κ2) is 6.70. The number of hydrogen-bond acceptors (Lipinski definition) is 5. The fourth-order valence-corrected chi connectivity index (χ4v) is 1.62. The second-order valence-corrected chi connectivity index (χ2v) is 3.97. The molecule has 1 aromatic carbocycles. The topological polar surface area (TPSA) is 67.3 Å². The molecule has 0 saturated heterocycles. The van der Waals surface area contributed by atoms with Crippen molar-refractivity contribution in [2.75, 3.05) is 18.5 Å². The summed E-state index contributed by atoms with van der Waals surface area (Å²) < 4.78 is 5.64. The van der Waals surface area contributed by atoms with E-state index < -0.39 is 0 Å². The summed E-state index contributed by atoms with van der Waals surface area (Å²) in [5.41, 5.74) is 1.07. The summed E-state index contributed by atoms with van der Waals surface area (Å²) in [5.74, 6) is 1.76. The van der Waals surface area contributed by atoms with Gasteiger partial charge in [-0.1, -0.05) is 12.1 Å². The van der Waals surface area contributed by atoms with Gasteiger partial charge in [0.2, 0.25) is 11.8 Å². The Morgan fingerprint density at radius 2 is 2.00 bits per heavy atom. The lowest BCUT2D eigenvalue weighted by molar-refractivity contribution is 0.299. The van der Waals surface area contributed by atoms with E-state index in [1.54, 1.807) is 12.3 Å². The average molecular weight is 259 g/mol. The molecule has 0 amide bonds. The van der Waals surface area contributed by atoms with Crippen LogP contribution in [0.15, 0.2) is 36.5 Å². The Morgan fingerprint density at radius 3 is 2.68 bits per heavy atom. The van der Waals surface area contributed by atoms with Gasteiger partial charge in [0.25, 0.3) is 0 Å². The largest absolute Gasteiger partial charge is 0.439 e. The van der Waals surface area contributed by atoms with Crippen molar-refractivity contribution in [3.05, 3.63) is 42.1 Å². The molecule has 0 spiro atoms. The summed E-state index contributed by atoms with van der Waals surface area (Å²) in [6.45, 7) is 2.90. The molecule has 0 fully saturated rings. The van der Waals surface area contributed by atoms with Crippen molar-refractivity contribution in [2.45, 2.75) is 13.3 Å². The Labute approximate surface area is 112 Å². The number of benzene rings is 1. The zero-order chi connectivity index (χ0) is 13.5. The molecule has 2 N–H and O–H groups in total. The second-order valence-electron chi connectivity index (χ2n) is 3.97. The van der Waals surface area contributed by atoms with Gasteiger partial charge in [0.15, 0.2) is 0 Å². The number of aliphatic hydroxyl groups is 1. The van der Waals surface area contributed by atoms with Crippen LogP contribution in [0.2, 0.25) is 0 Å². The Morgan fingerprint density at radius 1 is 1.21 bits per heavy atom. The monoisotopic (exact) mass is 259 g/mol. The first kappa shape index (κ1) is 13.3. The lowest BCUT2D eigenvalue weighted by Crippen LogP contribution is -2.02. The Bertz CT molecular complexity index is 514. The van der Waals surface area contributed by atoms with Crippen LogP contribution in [0, 0.1) is 0 Å². The molecule has 5 nitrogen and oxygen atoms in total. The summed E-state index contributed by atoms with van der Waals surface area (Å²) in [5, 5.41) is 11.9. The van der Waals surface area contributed by atoms with Crippen LogP contribution in [0.3, 0.4) is 0 Å². The quantitative estimate of drug-likeness (QED) is 0.832. The maximum atomic E-state index is 8.85. The zero-order valence-electron chi connectivity index (χ0n) is 10.8. The van der Waals surface area contributed by atoms with E-state index in [1.165, 1.54) is 0 Å². The van der Waals surface area contributed by atoms with Gasteiger partial charge in [-0.3, -0.25) is 0 Å². The van der Waals surface area contributed by atoms with Crippen molar-refractivity contribution in [1.29, 1.82) is 0 Å². The van der Waals surface area contributed by atoms with E-state index in [0.717, 1.165) is 12.1 Å². The van der Waals surface area contributed by atoms with E-state index in [0.29, 0.717) is 24.0 Å². The smallest absolute Gasteiger partial charge is 0.225 e. The molecule has 1 aromatic heterocycles. The number of hydrogen-bond donors (Lipinski definition) is 2. The SMILES string of the molecule is CCNc1nccc(Oc2ccc(CCO)cc2)n1. The number of ether oxygens (including phenoxy) is 1. The lowest BCUT2D eigenvalue weighted by Gasteiger charge is -2.07. The summed E-state index contributed by atoms with van der Waals surface area (Å²) in [4.78, 5) is 8.31. The molecule has 0 atom stereocenters. The third-order valence-electron chi connectivity index (χ3n) is 2.51.